The lowest BCUT2D eigenvalue weighted by Gasteiger charge is -2.23. The number of para-hydroxylation sites is 2. The van der Waals surface area contributed by atoms with Gasteiger partial charge in [0.05, 0.1) is 12.3 Å². The third-order valence-corrected chi connectivity index (χ3v) is 4.08. The van der Waals surface area contributed by atoms with Crippen LogP contribution in [0.2, 0.25) is 0 Å². The maximum atomic E-state index is 13.9. The van der Waals surface area contributed by atoms with E-state index in [2.05, 4.69) is 4.98 Å². The first-order valence-electron chi connectivity index (χ1n) is 7.91. The number of ether oxygens (including phenoxy) is 1. The number of benzene rings is 2. The van der Waals surface area contributed by atoms with Gasteiger partial charge in [0.1, 0.15) is 22.7 Å². The maximum absolute atomic E-state index is 13.9. The van der Waals surface area contributed by atoms with Crippen molar-refractivity contribution >= 4 is 16.6 Å². The van der Waals surface area contributed by atoms with Gasteiger partial charge < -0.3 is 4.74 Å². The zero-order chi connectivity index (χ0) is 16.7. The molecule has 0 spiro atoms. The van der Waals surface area contributed by atoms with E-state index in [1.54, 1.807) is 12.3 Å². The number of hydrogen-bond donors (Lipinski definition) is 0. The molecule has 1 aliphatic heterocycles. The van der Waals surface area contributed by atoms with E-state index in [9.17, 15) is 4.39 Å². The van der Waals surface area contributed by atoms with Crippen LogP contribution in [0.5, 0.6) is 5.75 Å². The fourth-order valence-electron chi connectivity index (χ4n) is 2.94. The van der Waals surface area contributed by atoms with Gasteiger partial charge in [0, 0.05) is 22.7 Å². The largest absolute Gasteiger partial charge is 0.485 e. The molecular weight excluding hydrogens is 303 g/mol. The molecule has 0 saturated heterocycles. The van der Waals surface area contributed by atoms with Crippen LogP contribution < -0.4 is 4.74 Å². The quantitative estimate of drug-likeness (QED) is 0.667. The van der Waals surface area contributed by atoms with E-state index < -0.39 is 0 Å². The summed E-state index contributed by atoms with van der Waals surface area (Å²) in [4.78, 5) is 9.07. The molecule has 3 nitrogen and oxygen atoms in total. The Morgan fingerprint density at radius 3 is 2.79 bits per heavy atom. The van der Waals surface area contributed by atoms with Crippen LogP contribution in [0.4, 0.5) is 4.39 Å². The van der Waals surface area contributed by atoms with Crippen LogP contribution >= 0.6 is 0 Å². The van der Waals surface area contributed by atoms with Crippen LogP contribution in [0.15, 0.2) is 59.7 Å². The van der Waals surface area contributed by atoms with Gasteiger partial charge in [-0.05, 0) is 38.1 Å². The minimum absolute atomic E-state index is 0.313. The molecule has 0 amide bonds. The molecular formula is C20H17FN2O. The molecule has 0 aliphatic carbocycles. The molecule has 4 rings (SSSR count). The summed E-state index contributed by atoms with van der Waals surface area (Å²) in [5.41, 5.74) is 2.62. The van der Waals surface area contributed by atoms with E-state index in [1.807, 2.05) is 50.2 Å². The second-order valence-corrected chi connectivity index (χ2v) is 6.56. The first kappa shape index (κ1) is 14.8. The summed E-state index contributed by atoms with van der Waals surface area (Å²) in [6.45, 7) is 4.58. The van der Waals surface area contributed by atoms with Crippen molar-refractivity contribution in [1.29, 1.82) is 0 Å². The first-order valence-corrected chi connectivity index (χ1v) is 7.91. The Labute approximate surface area is 139 Å². The van der Waals surface area contributed by atoms with E-state index in [0.717, 1.165) is 28.0 Å². The van der Waals surface area contributed by atoms with Crippen LogP contribution in [0.1, 0.15) is 25.0 Å². The molecule has 120 valence electrons. The Kier molecular flexibility index (Phi) is 3.34. The number of halogens is 1. The summed E-state index contributed by atoms with van der Waals surface area (Å²) in [5, 5.41) is 0.761. The summed E-state index contributed by atoms with van der Waals surface area (Å²) in [6.07, 6.45) is 1.68. The van der Waals surface area contributed by atoms with Crippen molar-refractivity contribution in [3.8, 4) is 5.75 Å². The molecule has 3 aromatic rings. The Morgan fingerprint density at radius 1 is 1.08 bits per heavy atom. The lowest BCUT2D eigenvalue weighted by atomic mass is 10.0. The third kappa shape index (κ3) is 2.54. The highest BCUT2D eigenvalue weighted by Crippen LogP contribution is 2.30. The van der Waals surface area contributed by atoms with Crippen LogP contribution in [0.3, 0.4) is 0 Å². The average Bonchev–Trinajstić information content (AvgIpc) is 2.69. The molecule has 2 aromatic carbocycles. The van der Waals surface area contributed by atoms with Gasteiger partial charge in [0.15, 0.2) is 0 Å². The lowest BCUT2D eigenvalue weighted by molar-refractivity contribution is 0.121. The fourth-order valence-corrected chi connectivity index (χ4v) is 2.94. The van der Waals surface area contributed by atoms with E-state index >= 15 is 0 Å². The van der Waals surface area contributed by atoms with Crippen LogP contribution in [0.25, 0.3) is 10.9 Å². The van der Waals surface area contributed by atoms with Gasteiger partial charge in [-0.1, -0.05) is 24.3 Å². The summed E-state index contributed by atoms with van der Waals surface area (Å²) in [6, 6.07) is 14.8. The molecule has 1 aromatic heterocycles. The molecule has 0 N–H and O–H groups in total. The van der Waals surface area contributed by atoms with Gasteiger partial charge in [-0.2, -0.15) is 0 Å². The number of aromatic nitrogens is 1. The zero-order valence-electron chi connectivity index (χ0n) is 13.6. The Bertz CT molecular complexity index is 963. The Morgan fingerprint density at radius 2 is 1.92 bits per heavy atom. The van der Waals surface area contributed by atoms with Crippen molar-refractivity contribution in [2.24, 2.45) is 4.99 Å². The Hall–Kier alpha value is -2.75. The van der Waals surface area contributed by atoms with Crippen LogP contribution in [-0.4, -0.2) is 22.8 Å². The van der Waals surface area contributed by atoms with Crippen molar-refractivity contribution in [3.05, 3.63) is 71.7 Å². The molecule has 0 fully saturated rings. The van der Waals surface area contributed by atoms with Crippen molar-refractivity contribution in [2.45, 2.75) is 19.4 Å². The molecule has 0 atom stereocenters. The fraction of sp³-hybridized carbons (Fsp3) is 0.200. The molecule has 0 radical (unpaired) electrons. The number of aliphatic imine (C=N–C) groups is 1. The molecule has 24 heavy (non-hydrogen) atoms. The lowest BCUT2D eigenvalue weighted by Crippen LogP contribution is -2.31. The van der Waals surface area contributed by atoms with Crippen LogP contribution in [0, 0.1) is 5.82 Å². The van der Waals surface area contributed by atoms with Crippen molar-refractivity contribution in [1.82, 2.24) is 4.98 Å². The summed E-state index contributed by atoms with van der Waals surface area (Å²) < 4.78 is 20.0. The highest BCUT2D eigenvalue weighted by Gasteiger charge is 2.26. The van der Waals surface area contributed by atoms with Crippen molar-refractivity contribution in [2.75, 3.05) is 6.54 Å². The minimum atomic E-state index is -0.381. The third-order valence-electron chi connectivity index (χ3n) is 4.08. The molecule has 4 heteroatoms. The molecule has 2 heterocycles. The van der Waals surface area contributed by atoms with E-state index in [4.69, 9.17) is 9.73 Å². The second-order valence-electron chi connectivity index (χ2n) is 6.56. The molecule has 0 bridgehead atoms. The monoisotopic (exact) mass is 320 g/mol. The number of pyridine rings is 1. The first-order chi connectivity index (χ1) is 11.5. The van der Waals surface area contributed by atoms with Gasteiger partial charge in [-0.25, -0.2) is 4.39 Å². The van der Waals surface area contributed by atoms with E-state index in [0.29, 0.717) is 12.1 Å². The Balaban J connectivity index is 1.91. The maximum Gasteiger partial charge on any atom is 0.149 e. The number of fused-ring (bicyclic) bond motifs is 2. The normalized spacial score (nSPS) is 16.0. The van der Waals surface area contributed by atoms with Gasteiger partial charge in [0.25, 0.3) is 0 Å². The summed E-state index contributed by atoms with van der Waals surface area (Å²) >= 11 is 0. The summed E-state index contributed by atoms with van der Waals surface area (Å²) in [7, 11) is 0. The molecule has 0 unspecified atom stereocenters. The van der Waals surface area contributed by atoms with Crippen molar-refractivity contribution in [3.63, 3.8) is 0 Å². The highest BCUT2D eigenvalue weighted by atomic mass is 19.1. The van der Waals surface area contributed by atoms with E-state index in [1.165, 1.54) is 6.07 Å². The van der Waals surface area contributed by atoms with Crippen molar-refractivity contribution < 1.29 is 9.13 Å². The topological polar surface area (TPSA) is 34.5 Å². The average molecular weight is 320 g/mol. The molecule has 1 aliphatic rings. The second kappa shape index (κ2) is 5.41. The highest BCUT2D eigenvalue weighted by molar-refractivity contribution is 6.15. The SMILES string of the molecule is CC1(C)CN=C(c2cnc3c(F)cccc3c2)c2ccccc2O1. The van der Waals surface area contributed by atoms with Gasteiger partial charge in [0.2, 0.25) is 0 Å². The summed E-state index contributed by atoms with van der Waals surface area (Å²) in [5.74, 6) is 0.491. The van der Waals surface area contributed by atoms with Gasteiger partial charge in [-0.3, -0.25) is 9.98 Å². The number of nitrogens with zero attached hydrogens (tertiary/aromatic N) is 2. The minimum Gasteiger partial charge on any atom is -0.485 e. The molecule has 0 saturated carbocycles. The number of rotatable bonds is 1. The standard InChI is InChI=1S/C20H17FN2O/c1-20(2)12-23-18(15-7-3-4-9-17(15)24-20)14-10-13-6-5-8-16(21)19(13)22-11-14/h3-11H,12H2,1-2H3. The smallest absolute Gasteiger partial charge is 0.149 e. The zero-order valence-corrected chi connectivity index (χ0v) is 13.6. The predicted octanol–water partition coefficient (Wildman–Crippen LogP) is 4.38. The van der Waals surface area contributed by atoms with Crippen LogP contribution in [-0.2, 0) is 0 Å². The van der Waals surface area contributed by atoms with E-state index in [-0.39, 0.29) is 11.4 Å². The van der Waals surface area contributed by atoms with Gasteiger partial charge >= 0.3 is 0 Å². The predicted molar refractivity (Wildman–Crippen MR) is 93.4 cm³/mol. The van der Waals surface area contributed by atoms with Gasteiger partial charge in [-0.15, -0.1) is 0 Å². The number of hydrogen-bond acceptors (Lipinski definition) is 3.